The van der Waals surface area contributed by atoms with Gasteiger partial charge in [-0.05, 0) is 18.9 Å². The average Bonchev–Trinajstić information content (AvgIpc) is 2.99. The first-order valence-corrected chi connectivity index (χ1v) is 6.72. The first-order valence-electron chi connectivity index (χ1n) is 5.05. The Morgan fingerprint density at radius 1 is 1.27 bits per heavy atom. The van der Waals surface area contributed by atoms with Crippen LogP contribution in [0.5, 0.6) is 0 Å². The van der Waals surface area contributed by atoms with Crippen molar-refractivity contribution in [3.8, 4) is 10.6 Å². The summed E-state index contributed by atoms with van der Waals surface area (Å²) in [6.45, 7) is 0. The van der Waals surface area contributed by atoms with Crippen molar-refractivity contribution in [1.29, 1.82) is 0 Å². The number of nitrogens with zero attached hydrogens (tertiary/aromatic N) is 1. The lowest BCUT2D eigenvalue weighted by atomic mass is 10.2. The molecule has 0 bridgehead atoms. The molecular weight excluding hydrogens is 270 g/mol. The van der Waals surface area contributed by atoms with E-state index in [1.165, 1.54) is 24.1 Å². The van der Waals surface area contributed by atoms with Gasteiger partial charge in [-0.2, -0.15) is 0 Å². The number of hydrogen-bond acceptors (Lipinski definition) is 2. The van der Waals surface area contributed by atoms with Crippen LogP contribution in [0.2, 0.25) is 0 Å². The second-order valence-corrected chi connectivity index (χ2v) is 5.54. The summed E-state index contributed by atoms with van der Waals surface area (Å²) in [5.74, 6) is 0.748. The molecule has 1 aromatic carbocycles. The molecule has 0 atom stereocenters. The molecule has 3 heteroatoms. The van der Waals surface area contributed by atoms with E-state index in [4.69, 9.17) is 4.98 Å². The lowest BCUT2D eigenvalue weighted by molar-refractivity contribution is 1.05. The van der Waals surface area contributed by atoms with Gasteiger partial charge in [0.05, 0.1) is 5.69 Å². The lowest BCUT2D eigenvalue weighted by Crippen LogP contribution is -1.81. The fourth-order valence-corrected chi connectivity index (χ4v) is 3.16. The highest BCUT2D eigenvalue weighted by Crippen LogP contribution is 2.42. The molecule has 1 nitrogen and oxygen atoms in total. The van der Waals surface area contributed by atoms with Gasteiger partial charge in [0.15, 0.2) is 0 Å². The zero-order valence-electron chi connectivity index (χ0n) is 8.11. The van der Waals surface area contributed by atoms with Crippen molar-refractivity contribution in [1.82, 2.24) is 4.98 Å². The Kier molecular flexibility index (Phi) is 2.37. The predicted molar refractivity (Wildman–Crippen MR) is 67.2 cm³/mol. The standard InChI is InChI=1S/C12H10BrNS/c13-10-4-2-1-3-9(10)12-14-11(7-15-12)8-5-6-8/h1-4,7-8H,5-6H2. The zero-order valence-corrected chi connectivity index (χ0v) is 10.5. The van der Waals surface area contributed by atoms with Crippen molar-refractivity contribution < 1.29 is 0 Å². The van der Waals surface area contributed by atoms with Crippen LogP contribution in [0.15, 0.2) is 34.1 Å². The molecule has 0 spiro atoms. The first kappa shape index (κ1) is 9.55. The molecule has 0 radical (unpaired) electrons. The summed E-state index contributed by atoms with van der Waals surface area (Å²) in [7, 11) is 0. The molecule has 1 saturated carbocycles. The van der Waals surface area contributed by atoms with E-state index < -0.39 is 0 Å². The van der Waals surface area contributed by atoms with Crippen molar-refractivity contribution >= 4 is 27.3 Å². The summed E-state index contributed by atoms with van der Waals surface area (Å²) in [6, 6.07) is 8.26. The number of halogens is 1. The number of aromatic nitrogens is 1. The Hall–Kier alpha value is -0.670. The summed E-state index contributed by atoms with van der Waals surface area (Å²) in [6.07, 6.45) is 2.64. The highest BCUT2D eigenvalue weighted by Gasteiger charge is 2.26. The van der Waals surface area contributed by atoms with Gasteiger partial charge in [-0.3, -0.25) is 0 Å². The van der Waals surface area contributed by atoms with Gasteiger partial charge in [0.1, 0.15) is 5.01 Å². The number of thiazole rings is 1. The van der Waals surface area contributed by atoms with E-state index >= 15 is 0 Å². The maximum atomic E-state index is 4.69. The molecule has 76 valence electrons. The third-order valence-corrected chi connectivity index (χ3v) is 4.21. The van der Waals surface area contributed by atoms with Crippen molar-refractivity contribution in [3.05, 3.63) is 39.8 Å². The van der Waals surface area contributed by atoms with Gasteiger partial charge in [-0.25, -0.2) is 4.98 Å². The summed E-state index contributed by atoms with van der Waals surface area (Å²) >= 11 is 5.31. The van der Waals surface area contributed by atoms with Gasteiger partial charge in [0, 0.05) is 21.3 Å². The Balaban J connectivity index is 2.01. The number of rotatable bonds is 2. The quantitative estimate of drug-likeness (QED) is 0.792. The molecule has 2 aromatic rings. The van der Waals surface area contributed by atoms with E-state index in [0.29, 0.717) is 0 Å². The molecule has 0 N–H and O–H groups in total. The molecule has 1 aliphatic carbocycles. The summed E-state index contributed by atoms with van der Waals surface area (Å²) in [5, 5.41) is 3.33. The van der Waals surface area contributed by atoms with E-state index in [1.807, 2.05) is 6.07 Å². The lowest BCUT2D eigenvalue weighted by Gasteiger charge is -1.98. The normalized spacial score (nSPS) is 15.5. The Bertz CT molecular complexity index is 488. The number of hydrogen-bond donors (Lipinski definition) is 0. The summed E-state index contributed by atoms with van der Waals surface area (Å²) < 4.78 is 1.13. The minimum atomic E-state index is 0.748. The minimum absolute atomic E-state index is 0.748. The van der Waals surface area contributed by atoms with Gasteiger partial charge in [0.2, 0.25) is 0 Å². The second-order valence-electron chi connectivity index (χ2n) is 3.83. The van der Waals surface area contributed by atoms with E-state index in [-0.39, 0.29) is 0 Å². The molecule has 0 aliphatic heterocycles. The first-order chi connectivity index (χ1) is 7.34. The van der Waals surface area contributed by atoms with E-state index in [1.54, 1.807) is 11.3 Å². The van der Waals surface area contributed by atoms with Crippen LogP contribution in [-0.2, 0) is 0 Å². The summed E-state index contributed by atoms with van der Waals surface area (Å²) in [5.41, 5.74) is 2.49. The van der Waals surface area contributed by atoms with Crippen LogP contribution in [-0.4, -0.2) is 4.98 Å². The molecule has 0 amide bonds. The summed E-state index contributed by atoms with van der Waals surface area (Å²) in [4.78, 5) is 4.69. The molecule has 0 unspecified atom stereocenters. The molecule has 0 saturated heterocycles. The third-order valence-electron chi connectivity index (χ3n) is 2.62. The monoisotopic (exact) mass is 279 g/mol. The zero-order chi connectivity index (χ0) is 10.3. The average molecular weight is 280 g/mol. The van der Waals surface area contributed by atoms with Crippen LogP contribution in [0.3, 0.4) is 0 Å². The van der Waals surface area contributed by atoms with Gasteiger partial charge >= 0.3 is 0 Å². The van der Waals surface area contributed by atoms with Crippen molar-refractivity contribution in [2.45, 2.75) is 18.8 Å². The molecule has 3 rings (SSSR count). The molecule has 15 heavy (non-hydrogen) atoms. The smallest absolute Gasteiger partial charge is 0.124 e. The number of benzene rings is 1. The van der Waals surface area contributed by atoms with Gasteiger partial charge in [-0.15, -0.1) is 11.3 Å². The van der Waals surface area contributed by atoms with Crippen molar-refractivity contribution in [2.75, 3.05) is 0 Å². The van der Waals surface area contributed by atoms with Crippen LogP contribution in [0.25, 0.3) is 10.6 Å². The predicted octanol–water partition coefficient (Wildman–Crippen LogP) is 4.45. The van der Waals surface area contributed by atoms with Crippen molar-refractivity contribution in [2.24, 2.45) is 0 Å². The topological polar surface area (TPSA) is 12.9 Å². The maximum Gasteiger partial charge on any atom is 0.124 e. The molecule has 1 aromatic heterocycles. The highest BCUT2D eigenvalue weighted by atomic mass is 79.9. The molecule has 1 fully saturated rings. The minimum Gasteiger partial charge on any atom is -0.241 e. The van der Waals surface area contributed by atoms with Crippen LogP contribution < -0.4 is 0 Å². The highest BCUT2D eigenvalue weighted by molar-refractivity contribution is 9.10. The van der Waals surface area contributed by atoms with Crippen molar-refractivity contribution in [3.63, 3.8) is 0 Å². The van der Waals surface area contributed by atoms with Gasteiger partial charge < -0.3 is 0 Å². The second kappa shape index (κ2) is 3.72. The third kappa shape index (κ3) is 1.86. The fourth-order valence-electron chi connectivity index (χ4n) is 1.61. The van der Waals surface area contributed by atoms with Crippen LogP contribution in [0.4, 0.5) is 0 Å². The van der Waals surface area contributed by atoms with Gasteiger partial charge in [0.25, 0.3) is 0 Å². The largest absolute Gasteiger partial charge is 0.241 e. The fraction of sp³-hybridized carbons (Fsp3) is 0.250. The van der Waals surface area contributed by atoms with Crippen LogP contribution in [0, 0.1) is 0 Å². The maximum absolute atomic E-state index is 4.69. The van der Waals surface area contributed by atoms with Crippen LogP contribution >= 0.6 is 27.3 Å². The Labute approximate surface area is 101 Å². The van der Waals surface area contributed by atoms with Gasteiger partial charge in [-0.1, -0.05) is 34.1 Å². The Morgan fingerprint density at radius 3 is 2.80 bits per heavy atom. The van der Waals surface area contributed by atoms with E-state index in [2.05, 4.69) is 39.5 Å². The molecule has 1 heterocycles. The SMILES string of the molecule is Brc1ccccc1-c1nc(C2CC2)cs1. The van der Waals surface area contributed by atoms with E-state index in [9.17, 15) is 0 Å². The van der Waals surface area contributed by atoms with Crippen LogP contribution in [0.1, 0.15) is 24.5 Å². The molecule has 1 aliphatic rings. The Morgan fingerprint density at radius 2 is 2.07 bits per heavy atom. The molecular formula is C12H10BrNS. The van der Waals surface area contributed by atoms with E-state index in [0.717, 1.165) is 15.4 Å².